The standard InChI is InChI=1S/C21H30N4O2/c1-15(2)24-11-7-8-17(14-24)13-22-21(27)19-12-20(16(3)26)25(23-19)18-9-5-4-6-10-18/h4-6,9-10,15,17,20H,7-8,11-14H2,1-3H3,(H,22,27). The quantitative estimate of drug-likeness (QED) is 0.835. The SMILES string of the molecule is CC(=O)C1CC(C(=O)NCC2CCCN(C(C)C)C2)=NN1c1ccccc1. The van der Waals surface area contributed by atoms with Crippen LogP contribution in [0.1, 0.15) is 40.0 Å². The van der Waals surface area contributed by atoms with E-state index in [4.69, 9.17) is 0 Å². The Hall–Kier alpha value is -2.21. The highest BCUT2D eigenvalue weighted by Gasteiger charge is 2.34. The minimum absolute atomic E-state index is 0.0188. The molecule has 0 aliphatic carbocycles. The van der Waals surface area contributed by atoms with Crippen molar-refractivity contribution in [1.29, 1.82) is 0 Å². The number of nitrogens with zero attached hydrogens (tertiary/aromatic N) is 3. The molecule has 2 aliphatic heterocycles. The Labute approximate surface area is 161 Å². The fourth-order valence-electron chi connectivity index (χ4n) is 3.85. The van der Waals surface area contributed by atoms with Crippen LogP contribution in [-0.2, 0) is 9.59 Å². The van der Waals surface area contributed by atoms with E-state index in [0.29, 0.717) is 30.6 Å². The predicted molar refractivity (Wildman–Crippen MR) is 108 cm³/mol. The number of hydrogen-bond acceptors (Lipinski definition) is 5. The molecule has 1 N–H and O–H groups in total. The second-order valence-electron chi connectivity index (χ2n) is 7.86. The topological polar surface area (TPSA) is 65.0 Å². The average molecular weight is 370 g/mol. The highest BCUT2D eigenvalue weighted by Crippen LogP contribution is 2.25. The van der Waals surface area contributed by atoms with E-state index in [0.717, 1.165) is 25.2 Å². The third-order valence-corrected chi connectivity index (χ3v) is 5.49. The number of hydrazone groups is 1. The van der Waals surface area contributed by atoms with Crippen LogP contribution in [0.2, 0.25) is 0 Å². The van der Waals surface area contributed by atoms with Crippen LogP contribution in [0.5, 0.6) is 0 Å². The van der Waals surface area contributed by atoms with Gasteiger partial charge in [0.05, 0.1) is 5.69 Å². The first-order valence-corrected chi connectivity index (χ1v) is 9.90. The molecule has 1 aromatic rings. The molecule has 6 nitrogen and oxygen atoms in total. The summed E-state index contributed by atoms with van der Waals surface area (Å²) in [4.78, 5) is 27.2. The van der Waals surface area contributed by atoms with Gasteiger partial charge in [0.2, 0.25) is 0 Å². The van der Waals surface area contributed by atoms with E-state index < -0.39 is 6.04 Å². The van der Waals surface area contributed by atoms with E-state index in [-0.39, 0.29) is 11.7 Å². The molecule has 6 heteroatoms. The first-order valence-electron chi connectivity index (χ1n) is 9.90. The zero-order valence-corrected chi connectivity index (χ0v) is 16.5. The lowest BCUT2D eigenvalue weighted by molar-refractivity contribution is -0.118. The third kappa shape index (κ3) is 4.75. The molecule has 1 fully saturated rings. The Morgan fingerprint density at radius 2 is 2.00 bits per heavy atom. The fourth-order valence-corrected chi connectivity index (χ4v) is 3.85. The van der Waals surface area contributed by atoms with Gasteiger partial charge in [-0.3, -0.25) is 14.6 Å². The lowest BCUT2D eigenvalue weighted by Crippen LogP contribution is -2.44. The highest BCUT2D eigenvalue weighted by molar-refractivity contribution is 6.40. The van der Waals surface area contributed by atoms with E-state index >= 15 is 0 Å². The summed E-state index contributed by atoms with van der Waals surface area (Å²) in [6.45, 7) is 8.82. The molecular formula is C21H30N4O2. The number of Topliss-reactive ketones (excluding diaryl/α,β-unsaturated/α-hetero) is 1. The number of nitrogens with one attached hydrogen (secondary N) is 1. The number of amides is 1. The van der Waals surface area contributed by atoms with Crippen molar-refractivity contribution >= 4 is 23.1 Å². The zero-order chi connectivity index (χ0) is 19.4. The molecule has 146 valence electrons. The highest BCUT2D eigenvalue weighted by atomic mass is 16.2. The summed E-state index contributed by atoms with van der Waals surface area (Å²) in [6.07, 6.45) is 2.68. The number of anilines is 1. The van der Waals surface area contributed by atoms with Crippen LogP contribution in [-0.4, -0.2) is 54.0 Å². The van der Waals surface area contributed by atoms with Crippen LogP contribution in [0.4, 0.5) is 5.69 Å². The largest absolute Gasteiger partial charge is 0.351 e. The molecule has 2 unspecified atom stereocenters. The number of piperidine rings is 1. The van der Waals surface area contributed by atoms with Crippen molar-refractivity contribution in [3.63, 3.8) is 0 Å². The number of benzene rings is 1. The van der Waals surface area contributed by atoms with Crippen molar-refractivity contribution in [3.05, 3.63) is 30.3 Å². The maximum Gasteiger partial charge on any atom is 0.267 e. The van der Waals surface area contributed by atoms with Crippen molar-refractivity contribution in [2.75, 3.05) is 24.6 Å². The number of carbonyl (C=O) groups excluding carboxylic acids is 2. The number of rotatable bonds is 6. The van der Waals surface area contributed by atoms with Crippen molar-refractivity contribution in [1.82, 2.24) is 10.2 Å². The van der Waals surface area contributed by atoms with Crippen molar-refractivity contribution in [2.24, 2.45) is 11.0 Å². The maximum absolute atomic E-state index is 12.7. The second kappa shape index (κ2) is 8.65. The molecule has 0 bridgehead atoms. The van der Waals surface area contributed by atoms with Crippen molar-refractivity contribution in [2.45, 2.75) is 52.1 Å². The minimum atomic E-state index is -0.403. The molecule has 3 rings (SSSR count). The molecule has 1 amide bonds. The second-order valence-corrected chi connectivity index (χ2v) is 7.86. The lowest BCUT2D eigenvalue weighted by Gasteiger charge is -2.35. The number of para-hydroxylation sites is 1. The third-order valence-electron chi connectivity index (χ3n) is 5.49. The van der Waals surface area contributed by atoms with Gasteiger partial charge in [-0.2, -0.15) is 5.10 Å². The maximum atomic E-state index is 12.7. The van der Waals surface area contributed by atoms with Crippen LogP contribution >= 0.6 is 0 Å². The molecule has 2 atom stereocenters. The average Bonchev–Trinajstić information content (AvgIpc) is 3.13. The predicted octanol–water partition coefficient (Wildman–Crippen LogP) is 2.45. The summed E-state index contributed by atoms with van der Waals surface area (Å²) in [5.74, 6) is 0.340. The molecule has 2 aliphatic rings. The van der Waals surface area contributed by atoms with Crippen LogP contribution in [0.25, 0.3) is 0 Å². The molecular weight excluding hydrogens is 340 g/mol. The molecule has 0 spiro atoms. The van der Waals surface area contributed by atoms with Crippen LogP contribution < -0.4 is 10.3 Å². The minimum Gasteiger partial charge on any atom is -0.351 e. The Morgan fingerprint density at radius 1 is 1.26 bits per heavy atom. The van der Waals surface area contributed by atoms with Gasteiger partial charge in [0.1, 0.15) is 11.8 Å². The lowest BCUT2D eigenvalue weighted by atomic mass is 9.97. The number of hydrogen-bond donors (Lipinski definition) is 1. The first kappa shape index (κ1) is 19.5. The zero-order valence-electron chi connectivity index (χ0n) is 16.5. The first-order chi connectivity index (χ1) is 13.0. The summed E-state index contributed by atoms with van der Waals surface area (Å²) in [5.41, 5.74) is 1.27. The molecule has 0 radical (unpaired) electrons. The Bertz CT molecular complexity index is 701. The Balaban J connectivity index is 1.62. The summed E-state index contributed by atoms with van der Waals surface area (Å²) in [6, 6.07) is 9.68. The van der Waals surface area contributed by atoms with E-state index in [1.54, 1.807) is 11.9 Å². The number of carbonyl (C=O) groups is 2. The van der Waals surface area contributed by atoms with Gasteiger partial charge in [0.25, 0.3) is 5.91 Å². The smallest absolute Gasteiger partial charge is 0.267 e. The fraction of sp³-hybridized carbons (Fsp3) is 0.571. The molecule has 0 aromatic heterocycles. The van der Waals surface area contributed by atoms with E-state index in [2.05, 4.69) is 29.2 Å². The number of likely N-dealkylation sites (tertiary alicyclic amines) is 1. The Kier molecular flexibility index (Phi) is 6.26. The van der Waals surface area contributed by atoms with Gasteiger partial charge in [0, 0.05) is 25.6 Å². The van der Waals surface area contributed by atoms with Crippen LogP contribution in [0, 0.1) is 5.92 Å². The van der Waals surface area contributed by atoms with Gasteiger partial charge in [-0.05, 0) is 58.2 Å². The van der Waals surface area contributed by atoms with Gasteiger partial charge < -0.3 is 10.2 Å². The van der Waals surface area contributed by atoms with Gasteiger partial charge in [-0.25, -0.2) is 0 Å². The van der Waals surface area contributed by atoms with Gasteiger partial charge in [-0.1, -0.05) is 18.2 Å². The molecule has 0 saturated carbocycles. The van der Waals surface area contributed by atoms with Gasteiger partial charge in [0.15, 0.2) is 5.78 Å². The van der Waals surface area contributed by atoms with Crippen molar-refractivity contribution < 1.29 is 9.59 Å². The van der Waals surface area contributed by atoms with E-state index in [9.17, 15) is 9.59 Å². The molecule has 2 heterocycles. The summed E-state index contributed by atoms with van der Waals surface area (Å²) in [5, 5.41) is 9.20. The Morgan fingerprint density at radius 3 is 2.67 bits per heavy atom. The monoisotopic (exact) mass is 370 g/mol. The van der Waals surface area contributed by atoms with Gasteiger partial charge >= 0.3 is 0 Å². The van der Waals surface area contributed by atoms with E-state index in [1.807, 2.05) is 30.3 Å². The van der Waals surface area contributed by atoms with Crippen LogP contribution in [0.3, 0.4) is 0 Å². The van der Waals surface area contributed by atoms with E-state index in [1.165, 1.54) is 6.42 Å². The van der Waals surface area contributed by atoms with Crippen molar-refractivity contribution in [3.8, 4) is 0 Å². The summed E-state index contributed by atoms with van der Waals surface area (Å²) >= 11 is 0. The molecule has 1 aromatic carbocycles. The normalized spacial score (nSPS) is 23.4. The molecule has 27 heavy (non-hydrogen) atoms. The van der Waals surface area contributed by atoms with Crippen LogP contribution in [0.15, 0.2) is 35.4 Å². The molecule has 1 saturated heterocycles. The van der Waals surface area contributed by atoms with Gasteiger partial charge in [-0.15, -0.1) is 0 Å². The summed E-state index contributed by atoms with van der Waals surface area (Å²) < 4.78 is 0. The number of ketones is 1. The summed E-state index contributed by atoms with van der Waals surface area (Å²) in [7, 11) is 0.